The first-order valence-electron chi connectivity index (χ1n) is 7.36. The Morgan fingerprint density at radius 1 is 1.30 bits per heavy atom. The van der Waals surface area contributed by atoms with Crippen molar-refractivity contribution in [1.29, 1.82) is 4.78 Å². The quantitative estimate of drug-likeness (QED) is 0.876. The van der Waals surface area contributed by atoms with Gasteiger partial charge in [-0.15, -0.1) is 5.10 Å². The van der Waals surface area contributed by atoms with E-state index in [2.05, 4.69) is 10.2 Å². The van der Waals surface area contributed by atoms with E-state index in [1.165, 1.54) is 6.26 Å². The molecule has 1 fully saturated rings. The number of rotatable bonds is 2. The Bertz CT molecular complexity index is 676. The van der Waals surface area contributed by atoms with E-state index in [1.807, 2.05) is 25.7 Å². The van der Waals surface area contributed by atoms with Gasteiger partial charge in [-0.3, -0.25) is 0 Å². The number of aromatic nitrogens is 2. The summed E-state index contributed by atoms with van der Waals surface area (Å²) in [5.41, 5.74) is 0.258. The second-order valence-electron chi connectivity index (χ2n) is 6.55. The third-order valence-corrected chi connectivity index (χ3v) is 4.31. The number of carbonyl (C=O) groups is 1. The Hall–Kier alpha value is -1.90. The number of anilines is 1. The SMILES string of the molecule is CC(C)(C)OC(=O)N1CCN(c2cnnc(S(C)(=N)=O)c2)CC1. The molecule has 1 amide bonds. The monoisotopic (exact) mass is 341 g/mol. The van der Waals surface area contributed by atoms with Gasteiger partial charge in [-0.2, -0.15) is 5.10 Å². The second-order valence-corrected chi connectivity index (χ2v) is 8.66. The Balaban J connectivity index is 2.01. The van der Waals surface area contributed by atoms with Crippen LogP contribution in [0.4, 0.5) is 10.5 Å². The molecule has 0 spiro atoms. The minimum absolute atomic E-state index is 0.171. The van der Waals surface area contributed by atoms with Crippen LogP contribution in [0, 0.1) is 4.78 Å². The van der Waals surface area contributed by atoms with Crippen LogP contribution in [0.2, 0.25) is 0 Å². The Morgan fingerprint density at radius 3 is 2.43 bits per heavy atom. The summed E-state index contributed by atoms with van der Waals surface area (Å²) in [4.78, 5) is 15.7. The second kappa shape index (κ2) is 6.31. The molecule has 0 saturated carbocycles. The molecule has 1 aromatic rings. The van der Waals surface area contributed by atoms with Crippen molar-refractivity contribution in [3.05, 3.63) is 12.3 Å². The highest BCUT2D eigenvalue weighted by Gasteiger charge is 2.26. The average Bonchev–Trinajstić information content (AvgIpc) is 2.45. The first kappa shape index (κ1) is 17.5. The summed E-state index contributed by atoms with van der Waals surface area (Å²) in [6.45, 7) is 7.84. The lowest BCUT2D eigenvalue weighted by molar-refractivity contribution is 0.0240. The molecule has 1 aliphatic heterocycles. The minimum atomic E-state index is -2.89. The Labute approximate surface area is 136 Å². The van der Waals surface area contributed by atoms with Crippen LogP contribution in [-0.4, -0.2) is 63.4 Å². The van der Waals surface area contributed by atoms with Crippen molar-refractivity contribution >= 4 is 21.5 Å². The molecule has 0 bridgehead atoms. The molecule has 1 aromatic heterocycles. The standard InChI is InChI=1S/C14H23N5O3S/c1-14(2,3)22-13(20)19-7-5-18(6-8-19)11-9-12(17-16-10-11)23(4,15)21/h9-10,15H,5-8H2,1-4H3. The molecule has 1 N–H and O–H groups in total. The smallest absolute Gasteiger partial charge is 0.410 e. The Morgan fingerprint density at radius 2 is 1.91 bits per heavy atom. The zero-order chi connectivity index (χ0) is 17.3. The van der Waals surface area contributed by atoms with Crippen LogP contribution in [0.1, 0.15) is 20.8 Å². The van der Waals surface area contributed by atoms with Crippen LogP contribution in [0.3, 0.4) is 0 Å². The van der Waals surface area contributed by atoms with E-state index in [9.17, 15) is 9.00 Å². The minimum Gasteiger partial charge on any atom is -0.444 e. The predicted molar refractivity (Wildman–Crippen MR) is 87.1 cm³/mol. The molecule has 1 saturated heterocycles. The van der Waals surface area contributed by atoms with E-state index < -0.39 is 15.3 Å². The van der Waals surface area contributed by atoms with Gasteiger partial charge in [-0.25, -0.2) is 13.8 Å². The van der Waals surface area contributed by atoms with Gasteiger partial charge < -0.3 is 14.5 Å². The molecular formula is C14H23N5O3S. The van der Waals surface area contributed by atoms with Crippen LogP contribution >= 0.6 is 0 Å². The fraction of sp³-hybridized carbons (Fsp3) is 0.643. The third-order valence-electron chi connectivity index (χ3n) is 3.31. The third kappa shape index (κ3) is 4.78. The summed E-state index contributed by atoms with van der Waals surface area (Å²) in [5, 5.41) is 7.77. The number of nitrogens with one attached hydrogen (secondary N) is 1. The number of nitrogens with zero attached hydrogens (tertiary/aromatic N) is 4. The molecule has 8 nitrogen and oxygen atoms in total. The predicted octanol–water partition coefficient (Wildman–Crippen LogP) is 1.57. The zero-order valence-corrected chi connectivity index (χ0v) is 14.7. The lowest BCUT2D eigenvalue weighted by Gasteiger charge is -2.36. The van der Waals surface area contributed by atoms with Crippen LogP contribution in [0.15, 0.2) is 17.3 Å². The largest absolute Gasteiger partial charge is 0.444 e. The molecule has 9 heteroatoms. The molecule has 128 valence electrons. The average molecular weight is 341 g/mol. The number of ether oxygens (including phenoxy) is 1. The van der Waals surface area contributed by atoms with Crippen molar-refractivity contribution in [3.8, 4) is 0 Å². The van der Waals surface area contributed by atoms with Gasteiger partial charge in [0.2, 0.25) is 0 Å². The van der Waals surface area contributed by atoms with Crippen molar-refractivity contribution in [3.63, 3.8) is 0 Å². The van der Waals surface area contributed by atoms with Crippen molar-refractivity contribution < 1.29 is 13.7 Å². The molecule has 1 aliphatic rings. The van der Waals surface area contributed by atoms with Gasteiger partial charge in [0.25, 0.3) is 0 Å². The van der Waals surface area contributed by atoms with E-state index in [0.29, 0.717) is 26.2 Å². The van der Waals surface area contributed by atoms with Crippen LogP contribution in [0.25, 0.3) is 0 Å². The van der Waals surface area contributed by atoms with Gasteiger partial charge in [0, 0.05) is 38.5 Å². The fourth-order valence-corrected chi connectivity index (χ4v) is 2.72. The summed E-state index contributed by atoms with van der Waals surface area (Å²) < 4.78 is 24.7. The number of amides is 1. The topological polar surface area (TPSA) is 99.5 Å². The van der Waals surface area contributed by atoms with Gasteiger partial charge in [-0.1, -0.05) is 0 Å². The number of hydrogen-bond acceptors (Lipinski definition) is 7. The van der Waals surface area contributed by atoms with E-state index >= 15 is 0 Å². The first-order chi connectivity index (χ1) is 10.6. The molecule has 1 unspecified atom stereocenters. The summed E-state index contributed by atoms with van der Waals surface area (Å²) in [6.07, 6.45) is 2.59. The van der Waals surface area contributed by atoms with E-state index in [4.69, 9.17) is 9.52 Å². The van der Waals surface area contributed by atoms with Crippen molar-refractivity contribution in [2.24, 2.45) is 0 Å². The molecule has 2 heterocycles. The summed E-state index contributed by atoms with van der Waals surface area (Å²) in [6, 6.07) is 1.63. The lowest BCUT2D eigenvalue weighted by atomic mass is 10.2. The number of hydrogen-bond donors (Lipinski definition) is 1. The first-order valence-corrected chi connectivity index (χ1v) is 9.32. The van der Waals surface area contributed by atoms with Gasteiger partial charge in [-0.05, 0) is 20.8 Å². The number of piperazine rings is 1. The highest BCUT2D eigenvalue weighted by molar-refractivity contribution is 7.91. The lowest BCUT2D eigenvalue weighted by Crippen LogP contribution is -2.50. The maximum atomic E-state index is 12.0. The van der Waals surface area contributed by atoms with Gasteiger partial charge >= 0.3 is 6.09 Å². The molecule has 2 rings (SSSR count). The van der Waals surface area contributed by atoms with Crippen molar-refractivity contribution in [2.75, 3.05) is 37.3 Å². The zero-order valence-electron chi connectivity index (χ0n) is 13.9. The summed E-state index contributed by atoms with van der Waals surface area (Å²) in [5.74, 6) is 0. The fourth-order valence-electron chi connectivity index (χ4n) is 2.17. The van der Waals surface area contributed by atoms with E-state index in [1.54, 1.807) is 17.2 Å². The van der Waals surface area contributed by atoms with Gasteiger partial charge in [0.05, 0.1) is 21.6 Å². The maximum absolute atomic E-state index is 12.0. The molecule has 0 radical (unpaired) electrons. The molecule has 23 heavy (non-hydrogen) atoms. The Kier molecular flexibility index (Phi) is 4.79. The molecule has 0 aliphatic carbocycles. The normalized spacial score (nSPS) is 18.4. The van der Waals surface area contributed by atoms with Crippen molar-refractivity contribution in [1.82, 2.24) is 15.1 Å². The maximum Gasteiger partial charge on any atom is 0.410 e. The molecule has 0 aromatic carbocycles. The highest BCUT2D eigenvalue weighted by atomic mass is 32.2. The molecular weight excluding hydrogens is 318 g/mol. The van der Waals surface area contributed by atoms with Crippen molar-refractivity contribution in [2.45, 2.75) is 31.4 Å². The van der Waals surface area contributed by atoms with Crippen LogP contribution in [-0.2, 0) is 14.5 Å². The number of carbonyl (C=O) groups excluding carboxylic acids is 1. The summed E-state index contributed by atoms with van der Waals surface area (Å²) >= 11 is 0. The van der Waals surface area contributed by atoms with Crippen LogP contribution < -0.4 is 4.90 Å². The molecule has 1 atom stereocenters. The van der Waals surface area contributed by atoms with Gasteiger partial charge in [0.15, 0.2) is 5.03 Å². The highest BCUT2D eigenvalue weighted by Crippen LogP contribution is 2.19. The van der Waals surface area contributed by atoms with E-state index in [0.717, 1.165) is 5.69 Å². The summed E-state index contributed by atoms with van der Waals surface area (Å²) in [7, 11) is -2.89. The van der Waals surface area contributed by atoms with E-state index in [-0.39, 0.29) is 11.1 Å². The van der Waals surface area contributed by atoms with Crippen LogP contribution in [0.5, 0.6) is 0 Å². The van der Waals surface area contributed by atoms with Gasteiger partial charge in [0.1, 0.15) is 5.60 Å².